The average Bonchev–Trinajstić information content (AvgIpc) is 2.95. The molecule has 2 amide bonds. The fourth-order valence-corrected chi connectivity index (χ4v) is 5.25. The van der Waals surface area contributed by atoms with Gasteiger partial charge in [0.05, 0.1) is 13.2 Å². The van der Waals surface area contributed by atoms with E-state index >= 15 is 0 Å². The predicted molar refractivity (Wildman–Crippen MR) is 145 cm³/mol. The number of rotatable bonds is 10. The van der Waals surface area contributed by atoms with Gasteiger partial charge in [-0.3, -0.25) is 19.4 Å². The third kappa shape index (κ3) is 7.61. The number of amides is 2. The maximum atomic E-state index is 13.5. The van der Waals surface area contributed by atoms with Crippen LogP contribution in [0.2, 0.25) is 0 Å². The molecule has 37 heavy (non-hydrogen) atoms. The van der Waals surface area contributed by atoms with E-state index in [-0.39, 0.29) is 17.9 Å². The first-order chi connectivity index (χ1) is 18.0. The summed E-state index contributed by atoms with van der Waals surface area (Å²) in [7, 11) is 0. The van der Waals surface area contributed by atoms with E-state index in [4.69, 9.17) is 10.5 Å². The van der Waals surface area contributed by atoms with Gasteiger partial charge in [0.2, 0.25) is 5.91 Å². The molecule has 0 bridgehead atoms. The number of hydrogen-bond acceptors (Lipinski definition) is 6. The van der Waals surface area contributed by atoms with Crippen molar-refractivity contribution < 1.29 is 14.3 Å². The number of morpholine rings is 1. The van der Waals surface area contributed by atoms with Crippen LogP contribution in [0.3, 0.4) is 0 Å². The first-order valence-electron chi connectivity index (χ1n) is 13.5. The molecular formula is C29H41N5O3. The van der Waals surface area contributed by atoms with Gasteiger partial charge in [-0.15, -0.1) is 0 Å². The predicted octanol–water partition coefficient (Wildman–Crippen LogP) is 1.88. The van der Waals surface area contributed by atoms with E-state index in [1.807, 2.05) is 37.3 Å². The lowest BCUT2D eigenvalue weighted by molar-refractivity contribution is -0.127. The van der Waals surface area contributed by atoms with Gasteiger partial charge in [0.25, 0.3) is 5.91 Å². The molecule has 3 N–H and O–H groups in total. The van der Waals surface area contributed by atoms with E-state index in [2.05, 4.69) is 39.4 Å². The highest BCUT2D eigenvalue weighted by Gasteiger charge is 2.38. The van der Waals surface area contributed by atoms with Crippen molar-refractivity contribution in [2.24, 2.45) is 5.73 Å². The van der Waals surface area contributed by atoms with Crippen LogP contribution in [0.25, 0.3) is 0 Å². The second-order valence-corrected chi connectivity index (χ2v) is 10.0. The van der Waals surface area contributed by atoms with Gasteiger partial charge in [-0.1, -0.05) is 48.0 Å². The van der Waals surface area contributed by atoms with Gasteiger partial charge >= 0.3 is 0 Å². The molecule has 200 valence electrons. The number of hydrogen-bond donors (Lipinski definition) is 2. The van der Waals surface area contributed by atoms with E-state index < -0.39 is 6.04 Å². The summed E-state index contributed by atoms with van der Waals surface area (Å²) in [5, 5.41) is 2.94. The number of nitrogens with zero attached hydrogens (tertiary/aromatic N) is 3. The Balaban J connectivity index is 1.52. The number of ether oxygens (including phenoxy) is 1. The van der Waals surface area contributed by atoms with Gasteiger partial charge in [-0.05, 0) is 37.5 Å². The Morgan fingerprint density at radius 2 is 1.78 bits per heavy atom. The zero-order valence-electron chi connectivity index (χ0n) is 22.0. The molecule has 2 aromatic carbocycles. The van der Waals surface area contributed by atoms with Crippen LogP contribution >= 0.6 is 0 Å². The number of carbonyl (C=O) groups excluding carboxylic acids is 2. The van der Waals surface area contributed by atoms with Gasteiger partial charge in [0, 0.05) is 64.0 Å². The molecule has 0 aliphatic carbocycles. The van der Waals surface area contributed by atoms with Crippen molar-refractivity contribution in [3.05, 3.63) is 71.3 Å². The topological polar surface area (TPSA) is 91.1 Å². The fourth-order valence-electron chi connectivity index (χ4n) is 5.25. The molecule has 2 aromatic rings. The second kappa shape index (κ2) is 13.7. The van der Waals surface area contributed by atoms with Gasteiger partial charge in [-0.2, -0.15) is 0 Å². The van der Waals surface area contributed by atoms with Gasteiger partial charge in [-0.25, -0.2) is 0 Å². The highest BCUT2D eigenvalue weighted by atomic mass is 16.5. The minimum atomic E-state index is -0.527. The van der Waals surface area contributed by atoms with Gasteiger partial charge < -0.3 is 20.7 Å². The molecule has 2 fully saturated rings. The van der Waals surface area contributed by atoms with Crippen LogP contribution in [0, 0.1) is 6.92 Å². The van der Waals surface area contributed by atoms with Crippen LogP contribution in [-0.2, 0) is 16.1 Å². The molecule has 1 unspecified atom stereocenters. The fraction of sp³-hybridized carbons (Fsp3) is 0.517. The normalized spacial score (nSPS) is 20.7. The van der Waals surface area contributed by atoms with E-state index in [1.165, 1.54) is 5.56 Å². The van der Waals surface area contributed by atoms with E-state index in [9.17, 15) is 9.59 Å². The number of piperidine rings is 1. The van der Waals surface area contributed by atoms with Crippen molar-refractivity contribution in [1.29, 1.82) is 0 Å². The molecule has 2 atom stereocenters. The Hall–Kier alpha value is -2.78. The van der Waals surface area contributed by atoms with E-state index in [0.29, 0.717) is 31.6 Å². The lowest BCUT2D eigenvalue weighted by Gasteiger charge is -2.43. The van der Waals surface area contributed by atoms with Gasteiger partial charge in [0.1, 0.15) is 6.04 Å². The average molecular weight is 508 g/mol. The van der Waals surface area contributed by atoms with Crippen LogP contribution in [0.4, 0.5) is 0 Å². The van der Waals surface area contributed by atoms with Crippen molar-refractivity contribution in [2.45, 2.75) is 38.4 Å². The lowest BCUT2D eigenvalue weighted by atomic mass is 9.93. The zero-order chi connectivity index (χ0) is 26.0. The molecule has 0 radical (unpaired) electrons. The largest absolute Gasteiger partial charge is 0.379 e. The number of benzene rings is 2. The molecule has 8 heteroatoms. The van der Waals surface area contributed by atoms with Gasteiger partial charge in [0.15, 0.2) is 0 Å². The Labute approximate surface area is 220 Å². The van der Waals surface area contributed by atoms with Crippen LogP contribution in [-0.4, -0.2) is 97.6 Å². The maximum Gasteiger partial charge on any atom is 0.254 e. The summed E-state index contributed by atoms with van der Waals surface area (Å²) in [6.07, 6.45) is 1.43. The molecular weight excluding hydrogens is 466 g/mol. The monoisotopic (exact) mass is 507 g/mol. The molecule has 2 aliphatic rings. The van der Waals surface area contributed by atoms with Crippen LogP contribution in [0.15, 0.2) is 54.6 Å². The quantitative estimate of drug-likeness (QED) is 0.510. The first-order valence-corrected chi connectivity index (χ1v) is 13.5. The van der Waals surface area contributed by atoms with E-state index in [1.54, 1.807) is 4.90 Å². The number of nitrogens with one attached hydrogen (secondary N) is 1. The molecule has 2 aliphatic heterocycles. The van der Waals surface area contributed by atoms with Crippen molar-refractivity contribution in [3.63, 3.8) is 0 Å². The van der Waals surface area contributed by atoms with Crippen molar-refractivity contribution in [1.82, 2.24) is 20.0 Å². The molecule has 0 aromatic heterocycles. The summed E-state index contributed by atoms with van der Waals surface area (Å²) in [6, 6.07) is 17.7. The molecule has 8 nitrogen and oxygen atoms in total. The first kappa shape index (κ1) is 27.3. The lowest BCUT2D eigenvalue weighted by Crippen LogP contribution is -2.58. The minimum absolute atomic E-state index is 0.0886. The van der Waals surface area contributed by atoms with Crippen molar-refractivity contribution in [2.75, 3.05) is 59.0 Å². The zero-order valence-corrected chi connectivity index (χ0v) is 22.0. The Morgan fingerprint density at radius 3 is 2.49 bits per heavy atom. The van der Waals surface area contributed by atoms with Crippen LogP contribution < -0.4 is 11.1 Å². The molecule has 4 rings (SSSR count). The summed E-state index contributed by atoms with van der Waals surface area (Å²) < 4.78 is 5.52. The summed E-state index contributed by atoms with van der Waals surface area (Å²) in [6.45, 7) is 9.46. The number of nitrogens with two attached hydrogens (primary N) is 1. The summed E-state index contributed by atoms with van der Waals surface area (Å²) in [4.78, 5) is 33.5. The maximum absolute atomic E-state index is 13.5. The minimum Gasteiger partial charge on any atom is -0.379 e. The molecule has 0 spiro atoms. The smallest absolute Gasteiger partial charge is 0.254 e. The highest BCUT2D eigenvalue weighted by Crippen LogP contribution is 2.26. The Morgan fingerprint density at radius 1 is 1.05 bits per heavy atom. The molecule has 2 heterocycles. The Kier molecular flexibility index (Phi) is 10.1. The third-order valence-electron chi connectivity index (χ3n) is 7.43. The molecule has 0 saturated carbocycles. The Bertz CT molecular complexity index is 994. The number of carbonyl (C=O) groups is 2. The second-order valence-electron chi connectivity index (χ2n) is 10.0. The SMILES string of the molecule is Cc1ccc(C(=O)N2CCC(N(CCN3CCOCC3)Cc3ccccc3)C[C@@H]2C(=O)NCCN)cc1. The number of likely N-dealkylation sites (tertiary alicyclic amines) is 1. The van der Waals surface area contributed by atoms with Crippen LogP contribution in [0.1, 0.15) is 34.3 Å². The van der Waals surface area contributed by atoms with Crippen LogP contribution in [0.5, 0.6) is 0 Å². The van der Waals surface area contributed by atoms with E-state index in [0.717, 1.165) is 57.9 Å². The summed E-state index contributed by atoms with van der Waals surface area (Å²) >= 11 is 0. The van der Waals surface area contributed by atoms with Crippen molar-refractivity contribution >= 4 is 11.8 Å². The van der Waals surface area contributed by atoms with Crippen molar-refractivity contribution in [3.8, 4) is 0 Å². The summed E-state index contributed by atoms with van der Waals surface area (Å²) in [5.41, 5.74) is 8.64. The number of aryl methyl sites for hydroxylation is 1. The standard InChI is InChI=1S/C29H41N5O3/c1-23-7-9-25(10-8-23)29(36)34-14-11-26(21-27(34)28(35)31-13-12-30)33(22-24-5-3-2-4-6-24)16-15-32-17-19-37-20-18-32/h2-10,26-27H,11-22,30H2,1H3,(H,31,35)/t26?,27-/m1/s1. The third-order valence-corrected chi connectivity index (χ3v) is 7.43. The molecule has 2 saturated heterocycles. The summed E-state index contributed by atoms with van der Waals surface area (Å²) in [5.74, 6) is -0.210. The highest BCUT2D eigenvalue weighted by molar-refractivity contribution is 5.97.